The molecular formula is C27H33ClN4O3Si. The maximum absolute atomic E-state index is 13.3. The molecule has 4 rings (SSSR count). The highest BCUT2D eigenvalue weighted by atomic mass is 35.5. The molecule has 190 valence electrons. The summed E-state index contributed by atoms with van der Waals surface area (Å²) in [5.74, 6) is 1.39. The molecule has 1 unspecified atom stereocenters. The fourth-order valence-corrected chi connectivity index (χ4v) is 4.68. The molecule has 0 saturated heterocycles. The van der Waals surface area contributed by atoms with Crippen molar-refractivity contribution in [2.24, 2.45) is 0 Å². The number of ether oxygens (including phenoxy) is 2. The van der Waals surface area contributed by atoms with Gasteiger partial charge in [0.15, 0.2) is 11.2 Å². The predicted octanol–water partition coefficient (Wildman–Crippen LogP) is 5.78. The second-order valence-electron chi connectivity index (χ2n) is 10.2. The van der Waals surface area contributed by atoms with Gasteiger partial charge >= 0.3 is 0 Å². The van der Waals surface area contributed by atoms with Crippen LogP contribution < -0.4 is 10.3 Å². The third kappa shape index (κ3) is 6.63. The van der Waals surface area contributed by atoms with Gasteiger partial charge in [-0.25, -0.2) is 9.97 Å². The van der Waals surface area contributed by atoms with E-state index in [0.29, 0.717) is 36.7 Å². The Morgan fingerprint density at radius 1 is 1.06 bits per heavy atom. The first-order valence-electron chi connectivity index (χ1n) is 12.2. The van der Waals surface area contributed by atoms with Crippen LogP contribution in [-0.2, 0) is 24.6 Å². The number of hydrogen-bond acceptors (Lipinski definition) is 5. The topological polar surface area (TPSA) is 71.2 Å². The standard InChI is InChI=1S/C27H33ClN4O3Si/c1-20(28)16-31-18-29-25-24(27(31)33)32(19-34-14-15-36(2,3)4)26(30-25)22-10-12-23(13-11-22)35-17-21-8-6-5-7-9-21/h5-13,18,20H,14-17,19H2,1-4H3. The summed E-state index contributed by atoms with van der Waals surface area (Å²) in [7, 11) is -1.24. The van der Waals surface area contributed by atoms with E-state index in [2.05, 4.69) is 24.6 Å². The van der Waals surface area contributed by atoms with Crippen LogP contribution in [0, 0.1) is 0 Å². The molecule has 0 aliphatic heterocycles. The average Bonchev–Trinajstić information content (AvgIpc) is 3.22. The van der Waals surface area contributed by atoms with E-state index in [1.54, 1.807) is 0 Å². The number of rotatable bonds is 11. The van der Waals surface area contributed by atoms with Crippen molar-refractivity contribution in [3.05, 3.63) is 76.8 Å². The Labute approximate surface area is 217 Å². The smallest absolute Gasteiger partial charge is 0.279 e. The lowest BCUT2D eigenvalue weighted by Gasteiger charge is -2.16. The third-order valence-electron chi connectivity index (χ3n) is 5.76. The minimum Gasteiger partial charge on any atom is -0.489 e. The van der Waals surface area contributed by atoms with Gasteiger partial charge in [-0.05, 0) is 42.8 Å². The molecule has 0 aliphatic carbocycles. The zero-order chi connectivity index (χ0) is 25.7. The Hall–Kier alpha value is -2.94. The zero-order valence-electron chi connectivity index (χ0n) is 21.3. The van der Waals surface area contributed by atoms with Crippen LogP contribution in [-0.4, -0.2) is 39.2 Å². The van der Waals surface area contributed by atoms with Crippen LogP contribution in [0.1, 0.15) is 12.5 Å². The first-order chi connectivity index (χ1) is 17.2. The summed E-state index contributed by atoms with van der Waals surface area (Å²) in [6.07, 6.45) is 1.51. The van der Waals surface area contributed by atoms with Crippen LogP contribution in [0.4, 0.5) is 0 Å². The highest BCUT2D eigenvalue weighted by molar-refractivity contribution is 6.76. The highest BCUT2D eigenvalue weighted by Gasteiger charge is 2.19. The molecule has 2 aromatic heterocycles. The van der Waals surface area contributed by atoms with Crippen LogP contribution in [0.3, 0.4) is 0 Å². The Morgan fingerprint density at radius 3 is 2.44 bits per heavy atom. The van der Waals surface area contributed by atoms with Crippen molar-refractivity contribution in [2.75, 3.05) is 6.61 Å². The van der Waals surface area contributed by atoms with Crippen LogP contribution in [0.15, 0.2) is 65.7 Å². The van der Waals surface area contributed by atoms with Gasteiger partial charge in [-0.15, -0.1) is 11.6 Å². The molecule has 0 amide bonds. The van der Waals surface area contributed by atoms with Gasteiger partial charge in [0, 0.05) is 32.2 Å². The summed E-state index contributed by atoms with van der Waals surface area (Å²) in [6.45, 7) is 10.5. The lowest BCUT2D eigenvalue weighted by Crippen LogP contribution is -2.26. The van der Waals surface area contributed by atoms with Gasteiger partial charge in [-0.2, -0.15) is 0 Å². The first-order valence-corrected chi connectivity index (χ1v) is 16.3. The normalized spacial score (nSPS) is 12.7. The monoisotopic (exact) mass is 524 g/mol. The molecule has 2 heterocycles. The molecule has 0 saturated carbocycles. The predicted molar refractivity (Wildman–Crippen MR) is 147 cm³/mol. The molecule has 7 nitrogen and oxygen atoms in total. The van der Waals surface area contributed by atoms with Crippen LogP contribution in [0.25, 0.3) is 22.6 Å². The summed E-state index contributed by atoms with van der Waals surface area (Å²) in [6, 6.07) is 18.8. The van der Waals surface area contributed by atoms with Crippen molar-refractivity contribution in [3.63, 3.8) is 0 Å². The second-order valence-corrected chi connectivity index (χ2v) is 16.5. The fourth-order valence-electron chi connectivity index (χ4n) is 3.78. The summed E-state index contributed by atoms with van der Waals surface area (Å²) >= 11 is 6.16. The molecular weight excluding hydrogens is 492 g/mol. The Bertz CT molecular complexity index is 1350. The van der Waals surface area contributed by atoms with Gasteiger partial charge in [0.2, 0.25) is 0 Å². The van der Waals surface area contributed by atoms with Gasteiger partial charge in [0.05, 0.1) is 0 Å². The summed E-state index contributed by atoms with van der Waals surface area (Å²) in [4.78, 5) is 22.5. The van der Waals surface area contributed by atoms with E-state index in [1.165, 1.54) is 10.9 Å². The fraction of sp³-hybridized carbons (Fsp3) is 0.370. The number of aromatic nitrogens is 4. The quantitative estimate of drug-likeness (QED) is 0.141. The number of fused-ring (bicyclic) bond motifs is 1. The second kappa shape index (κ2) is 11.4. The minimum atomic E-state index is -1.24. The number of nitrogens with zero attached hydrogens (tertiary/aromatic N) is 4. The average molecular weight is 525 g/mol. The molecule has 0 radical (unpaired) electrons. The van der Waals surface area contributed by atoms with Gasteiger partial charge in [-0.3, -0.25) is 13.9 Å². The summed E-state index contributed by atoms with van der Waals surface area (Å²) in [5.41, 5.74) is 2.59. The van der Waals surface area contributed by atoms with Crippen LogP contribution in [0.2, 0.25) is 25.7 Å². The van der Waals surface area contributed by atoms with Gasteiger partial charge in [-0.1, -0.05) is 50.0 Å². The van der Waals surface area contributed by atoms with E-state index in [9.17, 15) is 4.79 Å². The highest BCUT2D eigenvalue weighted by Crippen LogP contribution is 2.25. The molecule has 2 aromatic carbocycles. The first kappa shape index (κ1) is 26.1. The Morgan fingerprint density at radius 2 is 1.78 bits per heavy atom. The van der Waals surface area contributed by atoms with Crippen molar-refractivity contribution in [2.45, 2.75) is 57.9 Å². The number of hydrogen-bond donors (Lipinski definition) is 0. The van der Waals surface area contributed by atoms with E-state index in [0.717, 1.165) is 22.9 Å². The van der Waals surface area contributed by atoms with Crippen molar-refractivity contribution in [1.29, 1.82) is 0 Å². The minimum absolute atomic E-state index is 0.178. The molecule has 36 heavy (non-hydrogen) atoms. The zero-order valence-corrected chi connectivity index (χ0v) is 23.0. The Balaban J connectivity index is 1.63. The van der Waals surface area contributed by atoms with E-state index < -0.39 is 8.07 Å². The summed E-state index contributed by atoms with van der Waals surface area (Å²) < 4.78 is 15.3. The van der Waals surface area contributed by atoms with Gasteiger partial charge in [0.1, 0.15) is 31.2 Å². The molecule has 0 aliphatic rings. The number of imidazole rings is 1. The number of halogens is 1. The van der Waals surface area contributed by atoms with Crippen LogP contribution >= 0.6 is 11.6 Å². The van der Waals surface area contributed by atoms with E-state index >= 15 is 0 Å². The maximum atomic E-state index is 13.3. The van der Waals surface area contributed by atoms with Gasteiger partial charge in [0.25, 0.3) is 5.56 Å². The Kier molecular flexibility index (Phi) is 8.28. The molecule has 0 bridgehead atoms. The molecule has 4 aromatic rings. The summed E-state index contributed by atoms with van der Waals surface area (Å²) in [5, 5.41) is -0.200. The number of benzene rings is 2. The number of alkyl halides is 1. The molecule has 1 atom stereocenters. The van der Waals surface area contributed by atoms with Gasteiger partial charge < -0.3 is 9.47 Å². The van der Waals surface area contributed by atoms with Crippen molar-refractivity contribution in [1.82, 2.24) is 19.1 Å². The third-order valence-corrected chi connectivity index (χ3v) is 7.60. The molecule has 0 spiro atoms. The lowest BCUT2D eigenvalue weighted by molar-refractivity contribution is 0.0908. The molecule has 9 heteroatoms. The molecule has 0 fully saturated rings. The van der Waals surface area contributed by atoms with E-state index in [4.69, 9.17) is 26.1 Å². The van der Waals surface area contributed by atoms with Crippen molar-refractivity contribution < 1.29 is 9.47 Å². The molecule has 0 N–H and O–H groups in total. The van der Waals surface area contributed by atoms with E-state index in [1.807, 2.05) is 66.1 Å². The SMILES string of the molecule is CC(Cl)Cn1cnc2nc(-c3ccc(OCc4ccccc4)cc3)n(COCC[Si](C)(C)C)c2c1=O. The lowest BCUT2D eigenvalue weighted by atomic mass is 10.2. The largest absolute Gasteiger partial charge is 0.489 e. The van der Waals surface area contributed by atoms with Crippen molar-refractivity contribution in [3.8, 4) is 17.1 Å². The maximum Gasteiger partial charge on any atom is 0.279 e. The van der Waals surface area contributed by atoms with Crippen LogP contribution in [0.5, 0.6) is 5.75 Å². The van der Waals surface area contributed by atoms with E-state index in [-0.39, 0.29) is 17.7 Å². The van der Waals surface area contributed by atoms with Crippen molar-refractivity contribution >= 4 is 30.8 Å².